The zero-order valence-corrected chi connectivity index (χ0v) is 12.6. The Labute approximate surface area is 115 Å². The SMILES string of the molecule is C=CC1CCC(CCCCCCCCCC)CC1. The van der Waals surface area contributed by atoms with Gasteiger partial charge in [0.2, 0.25) is 0 Å². The first-order valence-corrected chi connectivity index (χ1v) is 8.49. The van der Waals surface area contributed by atoms with Crippen LogP contribution in [0.15, 0.2) is 12.7 Å². The lowest BCUT2D eigenvalue weighted by molar-refractivity contribution is 0.288. The van der Waals surface area contributed by atoms with Gasteiger partial charge in [0.15, 0.2) is 0 Å². The maximum Gasteiger partial charge on any atom is -0.0236 e. The Morgan fingerprint density at radius 1 is 0.833 bits per heavy atom. The van der Waals surface area contributed by atoms with Crippen molar-refractivity contribution in [3.8, 4) is 0 Å². The molecule has 18 heavy (non-hydrogen) atoms. The standard InChI is InChI=1S/C18H34/c1-3-5-6-7-8-9-10-11-12-18-15-13-17(4-2)14-16-18/h4,17-18H,2-3,5-16H2,1H3. The first-order valence-electron chi connectivity index (χ1n) is 8.49. The predicted molar refractivity (Wildman–Crippen MR) is 82.9 cm³/mol. The van der Waals surface area contributed by atoms with Gasteiger partial charge in [-0.15, -0.1) is 6.58 Å². The Bertz CT molecular complexity index is 186. The second-order valence-electron chi connectivity index (χ2n) is 6.28. The summed E-state index contributed by atoms with van der Waals surface area (Å²) in [5.74, 6) is 1.88. The van der Waals surface area contributed by atoms with Crippen LogP contribution in [0.2, 0.25) is 0 Å². The zero-order chi connectivity index (χ0) is 13.1. The van der Waals surface area contributed by atoms with Crippen LogP contribution in [-0.2, 0) is 0 Å². The molecule has 106 valence electrons. The average molecular weight is 250 g/mol. The molecule has 1 aliphatic rings. The second-order valence-corrected chi connectivity index (χ2v) is 6.28. The largest absolute Gasteiger partial charge is 0.103 e. The number of hydrogen-bond donors (Lipinski definition) is 0. The minimum atomic E-state index is 0.833. The van der Waals surface area contributed by atoms with Gasteiger partial charge in [-0.1, -0.05) is 70.8 Å². The van der Waals surface area contributed by atoms with Gasteiger partial charge >= 0.3 is 0 Å². The van der Waals surface area contributed by atoms with Crippen molar-refractivity contribution in [2.45, 2.75) is 90.4 Å². The van der Waals surface area contributed by atoms with E-state index in [2.05, 4.69) is 19.6 Å². The molecule has 0 amide bonds. The molecule has 0 radical (unpaired) electrons. The smallest absolute Gasteiger partial charge is 0.0236 e. The van der Waals surface area contributed by atoms with Crippen molar-refractivity contribution in [2.75, 3.05) is 0 Å². The van der Waals surface area contributed by atoms with Gasteiger partial charge in [0.1, 0.15) is 0 Å². The highest BCUT2D eigenvalue weighted by atomic mass is 14.2. The molecule has 0 bridgehead atoms. The Balaban J connectivity index is 1.85. The first-order chi connectivity index (χ1) is 8.86. The van der Waals surface area contributed by atoms with Crippen molar-refractivity contribution in [3.05, 3.63) is 12.7 Å². The van der Waals surface area contributed by atoms with Crippen LogP contribution < -0.4 is 0 Å². The number of allylic oxidation sites excluding steroid dienone is 1. The van der Waals surface area contributed by atoms with E-state index in [-0.39, 0.29) is 0 Å². The summed E-state index contributed by atoms with van der Waals surface area (Å²) in [5.41, 5.74) is 0. The highest BCUT2D eigenvalue weighted by Crippen LogP contribution is 2.32. The fourth-order valence-electron chi connectivity index (χ4n) is 3.28. The van der Waals surface area contributed by atoms with Crippen LogP contribution >= 0.6 is 0 Å². The summed E-state index contributed by atoms with van der Waals surface area (Å²) < 4.78 is 0. The molecule has 1 saturated carbocycles. The lowest BCUT2D eigenvalue weighted by Gasteiger charge is -2.26. The second kappa shape index (κ2) is 10.6. The fourth-order valence-corrected chi connectivity index (χ4v) is 3.28. The normalized spacial score (nSPS) is 24.1. The summed E-state index contributed by atoms with van der Waals surface area (Å²) in [7, 11) is 0. The third kappa shape index (κ3) is 7.24. The van der Waals surface area contributed by atoms with Crippen LogP contribution in [0.5, 0.6) is 0 Å². The van der Waals surface area contributed by atoms with Crippen molar-refractivity contribution in [1.82, 2.24) is 0 Å². The summed E-state index contributed by atoms with van der Waals surface area (Å²) in [6.45, 7) is 6.22. The van der Waals surface area contributed by atoms with Crippen molar-refractivity contribution in [3.63, 3.8) is 0 Å². The van der Waals surface area contributed by atoms with Gasteiger partial charge in [-0.2, -0.15) is 0 Å². The van der Waals surface area contributed by atoms with Crippen molar-refractivity contribution in [1.29, 1.82) is 0 Å². The highest BCUT2D eigenvalue weighted by molar-refractivity contribution is 4.83. The van der Waals surface area contributed by atoms with Crippen molar-refractivity contribution in [2.24, 2.45) is 11.8 Å². The molecule has 0 aromatic rings. The van der Waals surface area contributed by atoms with E-state index in [9.17, 15) is 0 Å². The van der Waals surface area contributed by atoms with Crippen LogP contribution in [0.1, 0.15) is 90.4 Å². The van der Waals surface area contributed by atoms with E-state index >= 15 is 0 Å². The highest BCUT2D eigenvalue weighted by Gasteiger charge is 2.18. The minimum Gasteiger partial charge on any atom is -0.103 e. The quantitative estimate of drug-likeness (QED) is 0.306. The molecule has 0 atom stereocenters. The Morgan fingerprint density at radius 2 is 1.39 bits per heavy atom. The lowest BCUT2D eigenvalue weighted by atomic mass is 9.80. The Hall–Kier alpha value is -0.260. The van der Waals surface area contributed by atoms with E-state index in [0.29, 0.717) is 0 Å². The molecule has 1 rings (SSSR count). The number of rotatable bonds is 10. The molecule has 0 aliphatic heterocycles. The molecular formula is C18H34. The molecule has 0 aromatic carbocycles. The van der Waals surface area contributed by atoms with Crippen LogP contribution in [0, 0.1) is 11.8 Å². The molecule has 0 heterocycles. The van der Waals surface area contributed by atoms with Gasteiger partial charge in [0.25, 0.3) is 0 Å². The molecule has 0 saturated heterocycles. The molecule has 1 fully saturated rings. The third-order valence-electron chi connectivity index (χ3n) is 4.69. The summed E-state index contributed by atoms with van der Waals surface area (Å²) >= 11 is 0. The van der Waals surface area contributed by atoms with Crippen LogP contribution in [0.3, 0.4) is 0 Å². The van der Waals surface area contributed by atoms with E-state index in [1.807, 2.05) is 0 Å². The predicted octanol–water partition coefficient (Wildman–Crippen LogP) is 6.51. The van der Waals surface area contributed by atoms with Gasteiger partial charge in [0, 0.05) is 0 Å². The van der Waals surface area contributed by atoms with E-state index < -0.39 is 0 Å². The molecule has 1 aliphatic carbocycles. The van der Waals surface area contributed by atoms with E-state index in [0.717, 1.165) is 11.8 Å². The van der Waals surface area contributed by atoms with E-state index in [1.54, 1.807) is 0 Å². The summed E-state index contributed by atoms with van der Waals surface area (Å²) in [5, 5.41) is 0. The van der Waals surface area contributed by atoms with Gasteiger partial charge in [0.05, 0.1) is 0 Å². The molecule has 0 heteroatoms. The van der Waals surface area contributed by atoms with Gasteiger partial charge < -0.3 is 0 Å². The van der Waals surface area contributed by atoms with Gasteiger partial charge in [-0.25, -0.2) is 0 Å². The third-order valence-corrected chi connectivity index (χ3v) is 4.69. The first kappa shape index (κ1) is 15.8. The molecule has 0 nitrogen and oxygen atoms in total. The molecule has 0 unspecified atom stereocenters. The summed E-state index contributed by atoms with van der Waals surface area (Å²) in [6.07, 6.45) is 21.1. The van der Waals surface area contributed by atoms with Crippen LogP contribution in [0.4, 0.5) is 0 Å². The maximum absolute atomic E-state index is 3.93. The average Bonchev–Trinajstić information content (AvgIpc) is 2.42. The van der Waals surface area contributed by atoms with Crippen LogP contribution in [0.25, 0.3) is 0 Å². The van der Waals surface area contributed by atoms with Crippen molar-refractivity contribution < 1.29 is 0 Å². The lowest BCUT2D eigenvalue weighted by Crippen LogP contribution is -2.12. The molecule has 0 spiro atoms. The number of hydrogen-bond acceptors (Lipinski definition) is 0. The topological polar surface area (TPSA) is 0 Å². The van der Waals surface area contributed by atoms with Gasteiger partial charge in [-0.3, -0.25) is 0 Å². The summed E-state index contributed by atoms with van der Waals surface area (Å²) in [6, 6.07) is 0. The monoisotopic (exact) mass is 250 g/mol. The Morgan fingerprint density at radius 3 is 1.94 bits per heavy atom. The maximum atomic E-state index is 3.93. The van der Waals surface area contributed by atoms with Crippen LogP contribution in [-0.4, -0.2) is 0 Å². The van der Waals surface area contributed by atoms with Crippen molar-refractivity contribution >= 4 is 0 Å². The molecular weight excluding hydrogens is 216 g/mol. The molecule has 0 N–H and O–H groups in total. The fraction of sp³-hybridized carbons (Fsp3) is 0.889. The van der Waals surface area contributed by atoms with Gasteiger partial charge in [-0.05, 0) is 37.5 Å². The Kier molecular flexibility index (Phi) is 9.34. The van der Waals surface area contributed by atoms with E-state index in [4.69, 9.17) is 0 Å². The zero-order valence-electron chi connectivity index (χ0n) is 12.6. The molecule has 0 aromatic heterocycles. The number of unbranched alkanes of at least 4 members (excludes halogenated alkanes) is 7. The van der Waals surface area contributed by atoms with E-state index in [1.165, 1.54) is 83.5 Å². The summed E-state index contributed by atoms with van der Waals surface area (Å²) in [4.78, 5) is 0. The minimum absolute atomic E-state index is 0.833.